The molecule has 1 fully saturated rings. The zero-order chi connectivity index (χ0) is 14.0. The van der Waals surface area contributed by atoms with E-state index in [2.05, 4.69) is 0 Å². The molecule has 0 spiro atoms. The van der Waals surface area contributed by atoms with Crippen LogP contribution in [0, 0.1) is 5.82 Å². The zero-order valence-corrected chi connectivity index (χ0v) is 11.5. The van der Waals surface area contributed by atoms with Gasteiger partial charge in [-0.1, -0.05) is 11.6 Å². The highest BCUT2D eigenvalue weighted by molar-refractivity contribution is 6.30. The first-order valence-electron chi connectivity index (χ1n) is 6.43. The molecule has 1 aromatic carbocycles. The normalized spacial score (nSPS) is 20.6. The van der Waals surface area contributed by atoms with Crippen molar-refractivity contribution >= 4 is 17.5 Å². The van der Waals surface area contributed by atoms with Crippen molar-refractivity contribution in [3.05, 3.63) is 34.6 Å². The molecular formula is C14H17ClFNO2. The SMILES string of the molecule is CC(O)CC1CCCN1C(=O)c1ccc(Cl)cc1F. The number of rotatable bonds is 3. The van der Waals surface area contributed by atoms with Crippen molar-refractivity contribution in [3.63, 3.8) is 0 Å². The molecular weight excluding hydrogens is 269 g/mol. The second-order valence-corrected chi connectivity index (χ2v) is 5.44. The number of hydrogen-bond acceptors (Lipinski definition) is 2. The summed E-state index contributed by atoms with van der Waals surface area (Å²) in [5, 5.41) is 9.72. The van der Waals surface area contributed by atoms with Gasteiger partial charge in [0.05, 0.1) is 11.7 Å². The Balaban J connectivity index is 2.18. The summed E-state index contributed by atoms with van der Waals surface area (Å²) >= 11 is 5.68. The quantitative estimate of drug-likeness (QED) is 0.928. The summed E-state index contributed by atoms with van der Waals surface area (Å²) in [7, 11) is 0. The van der Waals surface area contributed by atoms with Crippen molar-refractivity contribution < 1.29 is 14.3 Å². The van der Waals surface area contributed by atoms with Gasteiger partial charge >= 0.3 is 0 Å². The van der Waals surface area contributed by atoms with Gasteiger partial charge in [-0.05, 0) is 44.4 Å². The average molecular weight is 286 g/mol. The van der Waals surface area contributed by atoms with E-state index < -0.39 is 11.9 Å². The van der Waals surface area contributed by atoms with Crippen LogP contribution in [-0.2, 0) is 0 Å². The minimum Gasteiger partial charge on any atom is -0.393 e. The first-order valence-corrected chi connectivity index (χ1v) is 6.81. The second-order valence-electron chi connectivity index (χ2n) is 5.00. The van der Waals surface area contributed by atoms with Crippen LogP contribution in [0.15, 0.2) is 18.2 Å². The van der Waals surface area contributed by atoms with Crippen molar-refractivity contribution in [1.29, 1.82) is 0 Å². The third-order valence-electron chi connectivity index (χ3n) is 3.41. The van der Waals surface area contributed by atoms with Gasteiger partial charge in [-0.15, -0.1) is 0 Å². The molecule has 2 atom stereocenters. The van der Waals surface area contributed by atoms with Crippen molar-refractivity contribution in [2.75, 3.05) is 6.54 Å². The summed E-state index contributed by atoms with van der Waals surface area (Å²) in [6.45, 7) is 2.31. The second kappa shape index (κ2) is 5.88. The van der Waals surface area contributed by atoms with Crippen molar-refractivity contribution in [1.82, 2.24) is 4.90 Å². The molecule has 0 aromatic heterocycles. The van der Waals surface area contributed by atoms with Crippen LogP contribution >= 0.6 is 11.6 Å². The number of benzene rings is 1. The Morgan fingerprint density at radius 3 is 3.00 bits per heavy atom. The molecule has 104 valence electrons. The van der Waals surface area contributed by atoms with Crippen LogP contribution in [0.3, 0.4) is 0 Å². The highest BCUT2D eigenvalue weighted by Gasteiger charge is 2.31. The Morgan fingerprint density at radius 1 is 1.63 bits per heavy atom. The van der Waals surface area contributed by atoms with Crippen LogP contribution in [0.4, 0.5) is 4.39 Å². The minimum atomic E-state index is -0.597. The fourth-order valence-electron chi connectivity index (χ4n) is 2.56. The van der Waals surface area contributed by atoms with Gasteiger partial charge in [0.15, 0.2) is 0 Å². The van der Waals surface area contributed by atoms with Gasteiger partial charge in [0.1, 0.15) is 5.82 Å². The third-order valence-corrected chi connectivity index (χ3v) is 3.65. The maximum atomic E-state index is 13.8. The molecule has 19 heavy (non-hydrogen) atoms. The average Bonchev–Trinajstić information content (AvgIpc) is 2.75. The van der Waals surface area contributed by atoms with Crippen LogP contribution in [0.25, 0.3) is 0 Å². The maximum absolute atomic E-state index is 13.8. The lowest BCUT2D eigenvalue weighted by Gasteiger charge is -2.26. The fourth-order valence-corrected chi connectivity index (χ4v) is 2.72. The molecule has 3 nitrogen and oxygen atoms in total. The molecule has 1 heterocycles. The monoisotopic (exact) mass is 285 g/mol. The number of nitrogens with zero attached hydrogens (tertiary/aromatic N) is 1. The largest absolute Gasteiger partial charge is 0.393 e. The summed E-state index contributed by atoms with van der Waals surface area (Å²) in [4.78, 5) is 14.0. The molecule has 0 bridgehead atoms. The number of carbonyl (C=O) groups excluding carboxylic acids is 1. The van der Waals surface area contributed by atoms with Gasteiger partial charge in [-0.2, -0.15) is 0 Å². The molecule has 2 rings (SSSR count). The van der Waals surface area contributed by atoms with Gasteiger partial charge in [-0.25, -0.2) is 4.39 Å². The molecule has 1 saturated heterocycles. The molecule has 1 amide bonds. The lowest BCUT2D eigenvalue weighted by molar-refractivity contribution is 0.0677. The van der Waals surface area contributed by atoms with Crippen LogP contribution in [-0.4, -0.2) is 34.6 Å². The van der Waals surface area contributed by atoms with E-state index >= 15 is 0 Å². The van der Waals surface area contributed by atoms with Gasteiger partial charge in [0.2, 0.25) is 0 Å². The Labute approximate surface area is 117 Å². The van der Waals surface area contributed by atoms with Crippen LogP contribution in [0.2, 0.25) is 5.02 Å². The van der Waals surface area contributed by atoms with E-state index in [1.165, 1.54) is 12.1 Å². The van der Waals surface area contributed by atoms with E-state index in [1.54, 1.807) is 11.8 Å². The molecule has 1 aliphatic heterocycles. The Hall–Kier alpha value is -1.13. The van der Waals surface area contributed by atoms with Crippen LogP contribution in [0.1, 0.15) is 36.5 Å². The third kappa shape index (κ3) is 3.25. The first-order chi connectivity index (χ1) is 8.99. The Morgan fingerprint density at radius 2 is 2.37 bits per heavy atom. The van der Waals surface area contributed by atoms with E-state index in [9.17, 15) is 14.3 Å². The van der Waals surface area contributed by atoms with E-state index in [4.69, 9.17) is 11.6 Å². The molecule has 5 heteroatoms. The number of likely N-dealkylation sites (tertiary alicyclic amines) is 1. The minimum absolute atomic E-state index is 0.0115. The number of aliphatic hydroxyl groups is 1. The summed E-state index contributed by atoms with van der Waals surface area (Å²) in [5.41, 5.74) is 0.0434. The van der Waals surface area contributed by atoms with E-state index in [-0.39, 0.29) is 22.5 Å². The predicted octanol–water partition coefficient (Wildman–Crippen LogP) is 2.85. The lowest BCUT2D eigenvalue weighted by atomic mass is 10.1. The molecule has 0 radical (unpaired) electrons. The summed E-state index contributed by atoms with van der Waals surface area (Å²) in [6.07, 6.45) is 1.80. The molecule has 2 unspecified atom stereocenters. The Kier molecular flexibility index (Phi) is 4.42. The highest BCUT2D eigenvalue weighted by atomic mass is 35.5. The number of amides is 1. The van der Waals surface area contributed by atoms with E-state index in [1.807, 2.05) is 0 Å². The first kappa shape index (κ1) is 14.3. The molecule has 1 aromatic rings. The van der Waals surface area contributed by atoms with Gasteiger partial charge < -0.3 is 10.0 Å². The number of aliphatic hydroxyl groups excluding tert-OH is 1. The van der Waals surface area contributed by atoms with Crippen molar-refractivity contribution in [3.8, 4) is 0 Å². The zero-order valence-electron chi connectivity index (χ0n) is 10.8. The molecule has 0 aliphatic carbocycles. The molecule has 0 saturated carbocycles. The van der Waals surface area contributed by atoms with Gasteiger partial charge in [-0.3, -0.25) is 4.79 Å². The van der Waals surface area contributed by atoms with E-state index in [0.29, 0.717) is 13.0 Å². The standard InChI is InChI=1S/C14H17ClFNO2/c1-9(18)7-11-3-2-6-17(11)14(19)12-5-4-10(15)8-13(12)16/h4-5,8-9,11,18H,2-3,6-7H2,1H3. The van der Waals surface area contributed by atoms with Crippen molar-refractivity contribution in [2.45, 2.75) is 38.3 Å². The van der Waals surface area contributed by atoms with E-state index in [0.717, 1.165) is 18.9 Å². The molecule has 1 aliphatic rings. The summed E-state index contributed by atoms with van der Waals surface area (Å²) < 4.78 is 13.8. The fraction of sp³-hybridized carbons (Fsp3) is 0.500. The maximum Gasteiger partial charge on any atom is 0.257 e. The van der Waals surface area contributed by atoms with Crippen molar-refractivity contribution in [2.24, 2.45) is 0 Å². The molecule has 1 N–H and O–H groups in total. The summed E-state index contributed by atoms with van der Waals surface area (Å²) in [5.74, 6) is -0.919. The predicted molar refractivity (Wildman–Crippen MR) is 71.8 cm³/mol. The number of carbonyl (C=O) groups is 1. The van der Waals surface area contributed by atoms with Gasteiger partial charge in [0, 0.05) is 17.6 Å². The smallest absolute Gasteiger partial charge is 0.257 e. The van der Waals surface area contributed by atoms with Crippen LogP contribution in [0.5, 0.6) is 0 Å². The number of hydrogen-bond donors (Lipinski definition) is 1. The highest BCUT2D eigenvalue weighted by Crippen LogP contribution is 2.25. The topological polar surface area (TPSA) is 40.5 Å². The summed E-state index contributed by atoms with van der Waals surface area (Å²) in [6, 6.07) is 4.06. The Bertz CT molecular complexity index is 479. The lowest BCUT2D eigenvalue weighted by Crippen LogP contribution is -2.37. The number of halogens is 2. The van der Waals surface area contributed by atoms with Crippen LogP contribution < -0.4 is 0 Å². The van der Waals surface area contributed by atoms with Gasteiger partial charge in [0.25, 0.3) is 5.91 Å².